The largest absolute Gasteiger partial charge is 0.381 e. The second-order valence-corrected chi connectivity index (χ2v) is 6.40. The SMILES string of the molecule is CCC1CCN(CC2(C)CCOCC2)CCCN1. The molecular formula is C15H30N2O. The van der Waals surface area contributed by atoms with E-state index in [-0.39, 0.29) is 0 Å². The van der Waals surface area contributed by atoms with Crippen LogP contribution in [0.4, 0.5) is 0 Å². The number of hydrogen-bond acceptors (Lipinski definition) is 3. The summed E-state index contributed by atoms with van der Waals surface area (Å²) in [6, 6.07) is 0.732. The molecule has 0 amide bonds. The summed E-state index contributed by atoms with van der Waals surface area (Å²) >= 11 is 0. The number of rotatable bonds is 3. The lowest BCUT2D eigenvalue weighted by Gasteiger charge is -2.39. The van der Waals surface area contributed by atoms with Crippen LogP contribution in [0.15, 0.2) is 0 Å². The Kier molecular flexibility index (Phi) is 5.46. The highest BCUT2D eigenvalue weighted by molar-refractivity contribution is 4.82. The first-order valence-electron chi connectivity index (χ1n) is 7.75. The quantitative estimate of drug-likeness (QED) is 0.836. The van der Waals surface area contributed by atoms with Gasteiger partial charge in [-0.2, -0.15) is 0 Å². The molecule has 0 aromatic carbocycles. The van der Waals surface area contributed by atoms with Gasteiger partial charge in [-0.25, -0.2) is 0 Å². The van der Waals surface area contributed by atoms with Gasteiger partial charge in [-0.15, -0.1) is 0 Å². The van der Waals surface area contributed by atoms with E-state index in [1.54, 1.807) is 0 Å². The Morgan fingerprint density at radius 3 is 2.78 bits per heavy atom. The van der Waals surface area contributed by atoms with Gasteiger partial charge in [0, 0.05) is 25.8 Å². The number of hydrogen-bond donors (Lipinski definition) is 1. The van der Waals surface area contributed by atoms with E-state index < -0.39 is 0 Å². The molecule has 0 saturated carbocycles. The molecule has 0 radical (unpaired) electrons. The van der Waals surface area contributed by atoms with Crippen molar-refractivity contribution in [1.29, 1.82) is 0 Å². The van der Waals surface area contributed by atoms with E-state index in [2.05, 4.69) is 24.1 Å². The van der Waals surface area contributed by atoms with Crippen LogP contribution in [-0.4, -0.2) is 50.3 Å². The van der Waals surface area contributed by atoms with Crippen molar-refractivity contribution >= 4 is 0 Å². The topological polar surface area (TPSA) is 24.5 Å². The van der Waals surface area contributed by atoms with Crippen molar-refractivity contribution in [3.63, 3.8) is 0 Å². The lowest BCUT2D eigenvalue weighted by atomic mass is 9.81. The Balaban J connectivity index is 1.83. The Morgan fingerprint density at radius 2 is 2.06 bits per heavy atom. The van der Waals surface area contributed by atoms with E-state index in [0.29, 0.717) is 5.41 Å². The lowest BCUT2D eigenvalue weighted by Crippen LogP contribution is -2.44. The first kappa shape index (κ1) is 14.3. The van der Waals surface area contributed by atoms with Gasteiger partial charge in [-0.3, -0.25) is 0 Å². The van der Waals surface area contributed by atoms with Crippen LogP contribution < -0.4 is 5.32 Å². The summed E-state index contributed by atoms with van der Waals surface area (Å²) in [7, 11) is 0. The zero-order valence-electron chi connectivity index (χ0n) is 12.2. The van der Waals surface area contributed by atoms with Crippen LogP contribution in [0.5, 0.6) is 0 Å². The minimum absolute atomic E-state index is 0.493. The third-order valence-corrected chi connectivity index (χ3v) is 4.68. The van der Waals surface area contributed by atoms with Gasteiger partial charge in [0.1, 0.15) is 0 Å². The third-order valence-electron chi connectivity index (χ3n) is 4.68. The first-order chi connectivity index (χ1) is 8.72. The molecule has 2 aliphatic heterocycles. The van der Waals surface area contributed by atoms with Gasteiger partial charge in [-0.05, 0) is 57.2 Å². The summed E-state index contributed by atoms with van der Waals surface area (Å²) in [6.07, 6.45) is 6.34. The molecule has 2 aliphatic rings. The van der Waals surface area contributed by atoms with E-state index in [0.717, 1.165) is 19.3 Å². The molecule has 18 heavy (non-hydrogen) atoms. The van der Waals surface area contributed by atoms with Gasteiger partial charge < -0.3 is 15.0 Å². The van der Waals surface area contributed by atoms with Gasteiger partial charge in [0.25, 0.3) is 0 Å². The van der Waals surface area contributed by atoms with E-state index in [1.807, 2.05) is 0 Å². The smallest absolute Gasteiger partial charge is 0.0471 e. The van der Waals surface area contributed by atoms with Crippen molar-refractivity contribution < 1.29 is 4.74 Å². The molecule has 0 aliphatic carbocycles. The summed E-state index contributed by atoms with van der Waals surface area (Å²) in [4.78, 5) is 2.70. The van der Waals surface area contributed by atoms with E-state index >= 15 is 0 Å². The van der Waals surface area contributed by atoms with Crippen LogP contribution in [0.25, 0.3) is 0 Å². The fourth-order valence-corrected chi connectivity index (χ4v) is 3.23. The highest BCUT2D eigenvalue weighted by Crippen LogP contribution is 2.31. The second-order valence-electron chi connectivity index (χ2n) is 6.40. The highest BCUT2D eigenvalue weighted by atomic mass is 16.5. The van der Waals surface area contributed by atoms with Crippen LogP contribution in [0.2, 0.25) is 0 Å². The average Bonchev–Trinajstić information content (AvgIpc) is 2.34. The van der Waals surface area contributed by atoms with E-state index in [1.165, 1.54) is 58.3 Å². The van der Waals surface area contributed by atoms with Crippen molar-refractivity contribution in [3.8, 4) is 0 Å². The fourth-order valence-electron chi connectivity index (χ4n) is 3.23. The van der Waals surface area contributed by atoms with Gasteiger partial charge in [0.05, 0.1) is 0 Å². The normalized spacial score (nSPS) is 30.7. The van der Waals surface area contributed by atoms with Crippen LogP contribution in [0, 0.1) is 5.41 Å². The zero-order valence-corrected chi connectivity index (χ0v) is 12.2. The molecule has 0 aromatic rings. The molecule has 106 valence electrons. The van der Waals surface area contributed by atoms with E-state index in [4.69, 9.17) is 4.74 Å². The maximum atomic E-state index is 5.50. The molecule has 0 aromatic heterocycles. The fraction of sp³-hybridized carbons (Fsp3) is 1.00. The molecular weight excluding hydrogens is 224 g/mol. The zero-order chi connectivity index (χ0) is 12.8. The van der Waals surface area contributed by atoms with Crippen molar-refractivity contribution in [2.75, 3.05) is 39.4 Å². The molecule has 2 heterocycles. The van der Waals surface area contributed by atoms with Crippen molar-refractivity contribution in [2.24, 2.45) is 5.41 Å². The Morgan fingerprint density at radius 1 is 1.28 bits per heavy atom. The van der Waals surface area contributed by atoms with Crippen molar-refractivity contribution in [3.05, 3.63) is 0 Å². The van der Waals surface area contributed by atoms with E-state index in [9.17, 15) is 0 Å². The Hall–Kier alpha value is -0.120. The van der Waals surface area contributed by atoms with Gasteiger partial charge in [0.15, 0.2) is 0 Å². The first-order valence-corrected chi connectivity index (χ1v) is 7.75. The van der Waals surface area contributed by atoms with Crippen LogP contribution >= 0.6 is 0 Å². The minimum Gasteiger partial charge on any atom is -0.381 e. The number of nitrogens with one attached hydrogen (secondary N) is 1. The summed E-state index contributed by atoms with van der Waals surface area (Å²) < 4.78 is 5.50. The highest BCUT2D eigenvalue weighted by Gasteiger charge is 2.29. The monoisotopic (exact) mass is 254 g/mol. The van der Waals surface area contributed by atoms with Crippen LogP contribution in [0.3, 0.4) is 0 Å². The van der Waals surface area contributed by atoms with Crippen molar-refractivity contribution in [2.45, 2.75) is 52.0 Å². The summed E-state index contributed by atoms with van der Waals surface area (Å²) in [5.41, 5.74) is 0.493. The third kappa shape index (κ3) is 4.22. The molecule has 1 unspecified atom stereocenters. The molecule has 1 N–H and O–H groups in total. The predicted octanol–water partition coefficient (Wildman–Crippen LogP) is 2.27. The van der Waals surface area contributed by atoms with Gasteiger partial charge >= 0.3 is 0 Å². The molecule has 3 nitrogen and oxygen atoms in total. The molecule has 3 heteroatoms. The molecule has 2 fully saturated rings. The van der Waals surface area contributed by atoms with Crippen molar-refractivity contribution in [1.82, 2.24) is 10.2 Å². The average molecular weight is 254 g/mol. The van der Waals surface area contributed by atoms with Crippen LogP contribution in [-0.2, 0) is 4.74 Å². The summed E-state index contributed by atoms with van der Waals surface area (Å²) in [5, 5.41) is 3.66. The Bertz CT molecular complexity index is 239. The molecule has 1 atom stereocenters. The van der Waals surface area contributed by atoms with Gasteiger partial charge in [0.2, 0.25) is 0 Å². The predicted molar refractivity (Wildman–Crippen MR) is 75.9 cm³/mol. The minimum atomic E-state index is 0.493. The molecule has 2 saturated heterocycles. The maximum absolute atomic E-state index is 5.50. The standard InChI is InChI=1S/C15H30N2O/c1-3-14-5-10-17(9-4-8-16-14)13-15(2)6-11-18-12-7-15/h14,16H,3-13H2,1-2H3. The summed E-state index contributed by atoms with van der Waals surface area (Å²) in [5.74, 6) is 0. The second kappa shape index (κ2) is 6.88. The molecule has 2 rings (SSSR count). The lowest BCUT2D eigenvalue weighted by molar-refractivity contribution is 0.00352. The maximum Gasteiger partial charge on any atom is 0.0471 e. The van der Waals surface area contributed by atoms with Crippen LogP contribution in [0.1, 0.15) is 46.0 Å². The Labute approximate surface area is 112 Å². The molecule has 0 spiro atoms. The number of nitrogens with zero attached hydrogens (tertiary/aromatic N) is 1. The molecule has 0 bridgehead atoms. The van der Waals surface area contributed by atoms with Gasteiger partial charge in [-0.1, -0.05) is 13.8 Å². The number of ether oxygens (including phenoxy) is 1. The summed E-state index contributed by atoms with van der Waals surface area (Å²) in [6.45, 7) is 11.7.